The van der Waals surface area contributed by atoms with Crippen LogP contribution >= 0.6 is 0 Å². The molecule has 1 aromatic rings. The maximum Gasteiger partial charge on any atom is 0.217 e. The van der Waals surface area contributed by atoms with Crippen LogP contribution in [0.1, 0.15) is 57.6 Å². The second kappa shape index (κ2) is 6.35. The molecule has 2 aliphatic heterocycles. The summed E-state index contributed by atoms with van der Waals surface area (Å²) in [4.78, 5) is 14.4. The number of likely N-dealkylation sites (tertiary alicyclic amines) is 1. The van der Waals surface area contributed by atoms with E-state index >= 15 is 0 Å². The third-order valence-electron chi connectivity index (χ3n) is 8.20. The number of nitrogens with zero attached hydrogens (tertiary/aromatic N) is 1. The summed E-state index contributed by atoms with van der Waals surface area (Å²) in [6.45, 7) is 7.91. The summed E-state index contributed by atoms with van der Waals surface area (Å²) in [5, 5.41) is 25.9. The Labute approximate surface area is 172 Å². The lowest BCUT2D eigenvalue weighted by molar-refractivity contribution is -0.193. The number of nitrogens with one attached hydrogen (secondary N) is 1. The molecule has 6 heteroatoms. The standard InChI is InChI=1S/C23H32N2O4/c1-4-13(2)12-25-10-9-22-19-15-5-6-17(27)20(19)29-21(22)16(24-14(3)26)7-8-23(22,28)18(25)11-15/h5-6,13,16,18,21,27-28H,4,7-12H2,1-3H3,(H,24,26)/t13?,16?,18-,21?,22+,23-/m0/s1. The van der Waals surface area contributed by atoms with E-state index in [9.17, 15) is 15.0 Å². The van der Waals surface area contributed by atoms with Crippen molar-refractivity contribution in [3.8, 4) is 11.5 Å². The van der Waals surface area contributed by atoms with E-state index < -0.39 is 11.0 Å². The predicted molar refractivity (Wildman–Crippen MR) is 109 cm³/mol. The van der Waals surface area contributed by atoms with Crippen molar-refractivity contribution in [3.63, 3.8) is 0 Å². The third kappa shape index (κ3) is 2.39. The van der Waals surface area contributed by atoms with Crippen molar-refractivity contribution < 1.29 is 19.7 Å². The lowest BCUT2D eigenvalue weighted by Gasteiger charge is -2.64. The first-order valence-electron chi connectivity index (χ1n) is 11.1. The molecule has 3 unspecified atom stereocenters. The van der Waals surface area contributed by atoms with Crippen LogP contribution in [0.5, 0.6) is 11.5 Å². The molecule has 2 bridgehead atoms. The van der Waals surface area contributed by atoms with Crippen LogP contribution in [0, 0.1) is 5.92 Å². The maximum absolute atomic E-state index is 12.3. The number of aliphatic hydroxyl groups is 1. The van der Waals surface area contributed by atoms with E-state index in [1.54, 1.807) is 6.07 Å². The van der Waals surface area contributed by atoms with Crippen molar-refractivity contribution in [2.75, 3.05) is 13.1 Å². The lowest BCUT2D eigenvalue weighted by atomic mass is 9.48. The highest BCUT2D eigenvalue weighted by atomic mass is 16.5. The number of rotatable bonds is 4. The molecule has 3 N–H and O–H groups in total. The van der Waals surface area contributed by atoms with Gasteiger partial charge in [0.15, 0.2) is 11.5 Å². The Bertz CT molecular complexity index is 858. The van der Waals surface area contributed by atoms with E-state index in [4.69, 9.17) is 4.74 Å². The fourth-order valence-corrected chi connectivity index (χ4v) is 6.79. The number of benzene rings is 1. The highest BCUT2D eigenvalue weighted by Gasteiger charge is 2.73. The van der Waals surface area contributed by atoms with Crippen LogP contribution in [-0.4, -0.2) is 57.9 Å². The zero-order valence-corrected chi connectivity index (χ0v) is 17.6. The van der Waals surface area contributed by atoms with Crippen molar-refractivity contribution >= 4 is 5.91 Å². The minimum atomic E-state index is -0.912. The maximum atomic E-state index is 12.3. The van der Waals surface area contributed by atoms with Crippen molar-refractivity contribution in [3.05, 3.63) is 23.3 Å². The smallest absolute Gasteiger partial charge is 0.217 e. The Hall–Kier alpha value is -1.79. The van der Waals surface area contributed by atoms with Crippen LogP contribution < -0.4 is 10.1 Å². The minimum Gasteiger partial charge on any atom is -0.504 e. The van der Waals surface area contributed by atoms with Gasteiger partial charge in [-0.3, -0.25) is 9.69 Å². The van der Waals surface area contributed by atoms with Gasteiger partial charge in [0.25, 0.3) is 0 Å². The molecule has 1 aromatic carbocycles. The van der Waals surface area contributed by atoms with Gasteiger partial charge in [-0.25, -0.2) is 0 Å². The van der Waals surface area contributed by atoms with E-state index in [-0.39, 0.29) is 29.8 Å². The molecular formula is C23H32N2O4. The van der Waals surface area contributed by atoms with Gasteiger partial charge in [-0.2, -0.15) is 0 Å². The molecule has 6 nitrogen and oxygen atoms in total. The van der Waals surface area contributed by atoms with Gasteiger partial charge in [0.05, 0.1) is 17.1 Å². The normalized spacial score (nSPS) is 38.1. The topological polar surface area (TPSA) is 82.0 Å². The average Bonchev–Trinajstić information content (AvgIpc) is 3.03. The van der Waals surface area contributed by atoms with Gasteiger partial charge in [-0.15, -0.1) is 0 Å². The van der Waals surface area contributed by atoms with Gasteiger partial charge in [-0.05, 0) is 49.8 Å². The molecule has 1 amide bonds. The summed E-state index contributed by atoms with van der Waals surface area (Å²) in [5.74, 6) is 1.16. The fraction of sp³-hybridized carbons (Fsp3) is 0.696. The van der Waals surface area contributed by atoms with E-state index in [0.29, 0.717) is 24.5 Å². The number of carbonyl (C=O) groups excluding carboxylic acids is 1. The number of phenols is 1. The molecule has 1 saturated heterocycles. The molecule has 2 aliphatic carbocycles. The van der Waals surface area contributed by atoms with Gasteiger partial charge in [-0.1, -0.05) is 26.3 Å². The van der Waals surface area contributed by atoms with Gasteiger partial charge >= 0.3 is 0 Å². The quantitative estimate of drug-likeness (QED) is 0.721. The number of piperidine rings is 1. The van der Waals surface area contributed by atoms with Crippen LogP contribution in [0.2, 0.25) is 0 Å². The highest BCUT2D eigenvalue weighted by molar-refractivity contribution is 5.73. The van der Waals surface area contributed by atoms with E-state index in [1.165, 1.54) is 12.5 Å². The molecule has 6 atom stereocenters. The molecule has 5 rings (SSSR count). The number of ether oxygens (including phenoxy) is 1. The van der Waals surface area contributed by atoms with Crippen LogP contribution in [0.4, 0.5) is 0 Å². The van der Waals surface area contributed by atoms with E-state index in [2.05, 4.69) is 24.1 Å². The summed E-state index contributed by atoms with van der Waals surface area (Å²) in [6.07, 6.45) is 3.64. The monoisotopic (exact) mass is 400 g/mol. The fourth-order valence-electron chi connectivity index (χ4n) is 6.79. The number of hydrogen-bond donors (Lipinski definition) is 3. The summed E-state index contributed by atoms with van der Waals surface area (Å²) in [5.41, 5.74) is 0.688. The van der Waals surface area contributed by atoms with Crippen molar-refractivity contribution in [1.29, 1.82) is 0 Å². The van der Waals surface area contributed by atoms with Gasteiger partial charge in [0.1, 0.15) is 6.10 Å². The SMILES string of the molecule is CCC(C)CN1CC[C@@]23c4c5ccc(O)c4OC2C(NC(C)=O)CC[C@]3(O)[C@@H]1C5. The second-order valence-corrected chi connectivity index (χ2v) is 9.71. The lowest BCUT2D eigenvalue weighted by Crippen LogP contribution is -2.78. The first-order chi connectivity index (χ1) is 13.8. The number of phenolic OH excluding ortho intramolecular Hbond substituents is 1. The van der Waals surface area contributed by atoms with Crippen LogP contribution in [0.25, 0.3) is 0 Å². The van der Waals surface area contributed by atoms with Crippen molar-refractivity contribution in [2.24, 2.45) is 5.92 Å². The van der Waals surface area contributed by atoms with Crippen molar-refractivity contribution in [1.82, 2.24) is 10.2 Å². The molecule has 0 radical (unpaired) electrons. The number of aromatic hydroxyl groups is 1. The molecule has 4 aliphatic rings. The van der Waals surface area contributed by atoms with Crippen LogP contribution in [-0.2, 0) is 16.6 Å². The van der Waals surface area contributed by atoms with Crippen LogP contribution in [0.15, 0.2) is 12.1 Å². The summed E-state index contributed by atoms with van der Waals surface area (Å²) >= 11 is 0. The molecule has 29 heavy (non-hydrogen) atoms. The molecule has 2 fully saturated rings. The Morgan fingerprint density at radius 1 is 1.41 bits per heavy atom. The molecule has 158 valence electrons. The number of amides is 1. The molecule has 1 spiro atoms. The second-order valence-electron chi connectivity index (χ2n) is 9.71. The Morgan fingerprint density at radius 2 is 2.21 bits per heavy atom. The number of hydrogen-bond acceptors (Lipinski definition) is 5. The Morgan fingerprint density at radius 3 is 2.93 bits per heavy atom. The first kappa shape index (κ1) is 19.2. The summed E-state index contributed by atoms with van der Waals surface area (Å²) in [6, 6.07) is 3.60. The summed E-state index contributed by atoms with van der Waals surface area (Å²) < 4.78 is 6.38. The van der Waals surface area contributed by atoms with Crippen LogP contribution in [0.3, 0.4) is 0 Å². The Kier molecular flexibility index (Phi) is 4.20. The summed E-state index contributed by atoms with van der Waals surface area (Å²) in [7, 11) is 0. The molecule has 1 saturated carbocycles. The third-order valence-corrected chi connectivity index (χ3v) is 8.20. The zero-order chi connectivity index (χ0) is 20.6. The van der Waals surface area contributed by atoms with E-state index in [0.717, 1.165) is 37.9 Å². The van der Waals surface area contributed by atoms with E-state index in [1.807, 2.05) is 6.07 Å². The first-order valence-corrected chi connectivity index (χ1v) is 11.1. The highest BCUT2D eigenvalue weighted by Crippen LogP contribution is 2.65. The molecular weight excluding hydrogens is 368 g/mol. The van der Waals surface area contributed by atoms with Gasteiger partial charge < -0.3 is 20.3 Å². The van der Waals surface area contributed by atoms with Gasteiger partial charge in [0.2, 0.25) is 5.91 Å². The molecule has 0 aromatic heterocycles. The number of carbonyl (C=O) groups is 1. The largest absolute Gasteiger partial charge is 0.504 e. The minimum absolute atomic E-state index is 0.0395. The Balaban J connectivity index is 1.65. The predicted octanol–water partition coefficient (Wildman–Crippen LogP) is 2.10. The van der Waals surface area contributed by atoms with Gasteiger partial charge in [0, 0.05) is 25.1 Å². The van der Waals surface area contributed by atoms with Crippen molar-refractivity contribution in [2.45, 2.75) is 82.1 Å². The zero-order valence-electron chi connectivity index (χ0n) is 17.6. The average molecular weight is 401 g/mol. The molecule has 2 heterocycles.